The molecule has 1 saturated carbocycles. The number of hydrogen-bond acceptors (Lipinski definition) is 2. The predicted octanol–water partition coefficient (Wildman–Crippen LogP) is 3.20. The number of hydrogen-bond donors (Lipinski definition) is 2. The van der Waals surface area contributed by atoms with E-state index in [-0.39, 0.29) is 0 Å². The summed E-state index contributed by atoms with van der Waals surface area (Å²) in [5.74, 6) is 2.20. The molecule has 0 bridgehead atoms. The van der Waals surface area contributed by atoms with Crippen LogP contribution >= 0.6 is 0 Å². The molecule has 1 aliphatic carbocycles. The zero-order valence-corrected chi connectivity index (χ0v) is 12.3. The van der Waals surface area contributed by atoms with Gasteiger partial charge in [-0.1, -0.05) is 27.7 Å². The lowest BCUT2D eigenvalue weighted by atomic mass is 9.80. The van der Waals surface area contributed by atoms with Gasteiger partial charge in [-0.05, 0) is 50.4 Å². The van der Waals surface area contributed by atoms with Crippen LogP contribution < -0.4 is 5.32 Å². The van der Waals surface area contributed by atoms with E-state index in [0.29, 0.717) is 12.0 Å². The van der Waals surface area contributed by atoms with Crippen molar-refractivity contribution in [1.82, 2.24) is 5.32 Å². The molecule has 0 aliphatic heterocycles. The third kappa shape index (κ3) is 5.87. The van der Waals surface area contributed by atoms with Crippen LogP contribution in [-0.2, 0) is 0 Å². The highest BCUT2D eigenvalue weighted by atomic mass is 16.3. The number of rotatable bonds is 5. The number of nitrogens with one attached hydrogen (secondary N) is 1. The van der Waals surface area contributed by atoms with Crippen molar-refractivity contribution in [2.45, 2.75) is 71.9 Å². The van der Waals surface area contributed by atoms with Gasteiger partial charge < -0.3 is 10.4 Å². The Kier molecular flexibility index (Phi) is 5.46. The van der Waals surface area contributed by atoms with Gasteiger partial charge in [-0.15, -0.1) is 0 Å². The Morgan fingerprint density at radius 1 is 1.18 bits per heavy atom. The standard InChI is InChI=1S/C15H31NO/c1-11(2)9-15(5,17)10-16-14-7-12(3)6-13(4)8-14/h11-14,16-17H,6-10H2,1-5H3. The Labute approximate surface area is 107 Å². The lowest BCUT2D eigenvalue weighted by Gasteiger charge is -2.35. The maximum atomic E-state index is 10.3. The van der Waals surface area contributed by atoms with E-state index < -0.39 is 5.60 Å². The van der Waals surface area contributed by atoms with Gasteiger partial charge in [-0.2, -0.15) is 0 Å². The molecule has 17 heavy (non-hydrogen) atoms. The molecule has 1 rings (SSSR count). The van der Waals surface area contributed by atoms with Crippen molar-refractivity contribution in [2.24, 2.45) is 17.8 Å². The van der Waals surface area contributed by atoms with Crippen LogP contribution in [0.25, 0.3) is 0 Å². The maximum Gasteiger partial charge on any atom is 0.0746 e. The molecule has 0 spiro atoms. The smallest absolute Gasteiger partial charge is 0.0746 e. The largest absolute Gasteiger partial charge is 0.389 e. The van der Waals surface area contributed by atoms with Crippen molar-refractivity contribution in [1.29, 1.82) is 0 Å². The number of aliphatic hydroxyl groups is 1. The van der Waals surface area contributed by atoms with Crippen LogP contribution in [0, 0.1) is 17.8 Å². The highest BCUT2D eigenvalue weighted by molar-refractivity contribution is 4.84. The fraction of sp³-hybridized carbons (Fsp3) is 1.00. The second-order valence-corrected chi connectivity index (χ2v) is 7.09. The van der Waals surface area contributed by atoms with Crippen LogP contribution in [0.5, 0.6) is 0 Å². The van der Waals surface area contributed by atoms with E-state index in [1.807, 2.05) is 6.92 Å². The molecule has 0 aromatic rings. The van der Waals surface area contributed by atoms with E-state index in [1.165, 1.54) is 19.3 Å². The van der Waals surface area contributed by atoms with Gasteiger partial charge in [0, 0.05) is 12.6 Å². The van der Waals surface area contributed by atoms with E-state index in [9.17, 15) is 5.11 Å². The van der Waals surface area contributed by atoms with Crippen LogP contribution in [0.15, 0.2) is 0 Å². The van der Waals surface area contributed by atoms with Gasteiger partial charge in [0.2, 0.25) is 0 Å². The molecule has 2 N–H and O–H groups in total. The first-order chi connectivity index (χ1) is 7.78. The quantitative estimate of drug-likeness (QED) is 0.775. The molecule has 1 aliphatic rings. The molecule has 0 saturated heterocycles. The highest BCUT2D eigenvalue weighted by Crippen LogP contribution is 2.28. The fourth-order valence-corrected chi connectivity index (χ4v) is 3.43. The molecule has 3 atom stereocenters. The summed E-state index contributed by atoms with van der Waals surface area (Å²) in [5, 5.41) is 13.9. The molecule has 102 valence electrons. The molecule has 0 radical (unpaired) electrons. The van der Waals surface area contributed by atoms with Crippen molar-refractivity contribution in [3.05, 3.63) is 0 Å². The Balaban J connectivity index is 2.34. The molecule has 0 heterocycles. The molecule has 0 amide bonds. The van der Waals surface area contributed by atoms with Crippen molar-refractivity contribution in [3.63, 3.8) is 0 Å². The summed E-state index contributed by atoms with van der Waals surface area (Å²) in [4.78, 5) is 0. The van der Waals surface area contributed by atoms with E-state index in [2.05, 4.69) is 33.0 Å². The molecular formula is C15H31NO. The SMILES string of the molecule is CC(C)CC(C)(O)CNC1CC(C)CC(C)C1. The monoisotopic (exact) mass is 241 g/mol. The van der Waals surface area contributed by atoms with Gasteiger partial charge >= 0.3 is 0 Å². The molecule has 1 fully saturated rings. The summed E-state index contributed by atoms with van der Waals surface area (Å²) in [7, 11) is 0. The first kappa shape index (κ1) is 15.0. The van der Waals surface area contributed by atoms with Gasteiger partial charge in [0.05, 0.1) is 5.60 Å². The third-order valence-electron chi connectivity index (χ3n) is 3.80. The van der Waals surface area contributed by atoms with Gasteiger partial charge in [0.15, 0.2) is 0 Å². The Morgan fingerprint density at radius 2 is 1.71 bits per heavy atom. The first-order valence-corrected chi connectivity index (χ1v) is 7.24. The lowest BCUT2D eigenvalue weighted by molar-refractivity contribution is 0.0326. The van der Waals surface area contributed by atoms with E-state index in [4.69, 9.17) is 0 Å². The molecule has 3 unspecified atom stereocenters. The summed E-state index contributed by atoms with van der Waals surface area (Å²) < 4.78 is 0. The first-order valence-electron chi connectivity index (χ1n) is 7.24. The minimum absolute atomic E-state index is 0.552. The summed E-state index contributed by atoms with van der Waals surface area (Å²) in [5.41, 5.74) is -0.557. The average molecular weight is 241 g/mol. The summed E-state index contributed by atoms with van der Waals surface area (Å²) in [6.07, 6.45) is 4.77. The van der Waals surface area contributed by atoms with Gasteiger partial charge in [-0.25, -0.2) is 0 Å². The fourth-order valence-electron chi connectivity index (χ4n) is 3.43. The lowest BCUT2D eigenvalue weighted by Crippen LogP contribution is -2.45. The highest BCUT2D eigenvalue weighted by Gasteiger charge is 2.27. The van der Waals surface area contributed by atoms with E-state index >= 15 is 0 Å². The van der Waals surface area contributed by atoms with Crippen LogP contribution in [0.1, 0.15) is 60.3 Å². The molecule has 0 aromatic heterocycles. The zero-order chi connectivity index (χ0) is 13.1. The van der Waals surface area contributed by atoms with Crippen LogP contribution in [0.4, 0.5) is 0 Å². The van der Waals surface area contributed by atoms with Crippen LogP contribution in [-0.4, -0.2) is 23.3 Å². The molecule has 0 aromatic carbocycles. The summed E-state index contributed by atoms with van der Waals surface area (Å²) in [6.45, 7) is 11.7. The van der Waals surface area contributed by atoms with Crippen LogP contribution in [0.2, 0.25) is 0 Å². The average Bonchev–Trinajstić information content (AvgIpc) is 2.11. The third-order valence-corrected chi connectivity index (χ3v) is 3.80. The van der Waals surface area contributed by atoms with Gasteiger partial charge in [0.25, 0.3) is 0 Å². The Morgan fingerprint density at radius 3 is 2.18 bits per heavy atom. The van der Waals surface area contributed by atoms with Crippen LogP contribution in [0.3, 0.4) is 0 Å². The second-order valence-electron chi connectivity index (χ2n) is 7.09. The zero-order valence-electron chi connectivity index (χ0n) is 12.3. The van der Waals surface area contributed by atoms with Gasteiger partial charge in [0.1, 0.15) is 0 Å². The Hall–Kier alpha value is -0.0800. The summed E-state index contributed by atoms with van der Waals surface area (Å²) >= 11 is 0. The Bertz CT molecular complexity index is 215. The molecule has 2 heteroatoms. The molecular weight excluding hydrogens is 210 g/mol. The van der Waals surface area contributed by atoms with Crippen molar-refractivity contribution in [2.75, 3.05) is 6.54 Å². The van der Waals surface area contributed by atoms with Crippen molar-refractivity contribution < 1.29 is 5.11 Å². The van der Waals surface area contributed by atoms with Gasteiger partial charge in [-0.3, -0.25) is 0 Å². The second kappa shape index (κ2) is 6.19. The molecule has 2 nitrogen and oxygen atoms in total. The summed E-state index contributed by atoms with van der Waals surface area (Å²) in [6, 6.07) is 0.604. The van der Waals surface area contributed by atoms with E-state index in [1.54, 1.807) is 0 Å². The predicted molar refractivity (Wildman–Crippen MR) is 74.0 cm³/mol. The minimum atomic E-state index is -0.557. The van der Waals surface area contributed by atoms with Crippen molar-refractivity contribution in [3.8, 4) is 0 Å². The maximum absolute atomic E-state index is 10.3. The normalized spacial score (nSPS) is 33.7. The minimum Gasteiger partial charge on any atom is -0.389 e. The van der Waals surface area contributed by atoms with E-state index in [0.717, 1.165) is 24.8 Å². The topological polar surface area (TPSA) is 32.3 Å². The van der Waals surface area contributed by atoms with Crippen molar-refractivity contribution >= 4 is 0 Å².